The van der Waals surface area contributed by atoms with E-state index in [1.807, 2.05) is 0 Å². The summed E-state index contributed by atoms with van der Waals surface area (Å²) in [7, 11) is 0. The van der Waals surface area contributed by atoms with Crippen molar-refractivity contribution in [1.82, 2.24) is 0 Å². The maximum atomic E-state index is 4.55. The minimum absolute atomic E-state index is 0.957. The molecule has 2 aromatic carbocycles. The first kappa shape index (κ1) is 20.3. The summed E-state index contributed by atoms with van der Waals surface area (Å²) in [4.78, 5) is 0. The molecule has 0 heterocycles. The zero-order valence-corrected chi connectivity index (χ0v) is 18.7. The third-order valence-corrected chi connectivity index (χ3v) is 7.48. The Hall–Kier alpha value is -2.60. The van der Waals surface area contributed by atoms with Gasteiger partial charge in [-0.05, 0) is 82.6 Å². The molecular weight excluding hydrogens is 372 g/mol. The molecule has 0 atom stereocenters. The maximum absolute atomic E-state index is 4.55. The maximum Gasteiger partial charge on any atom is -0.00137 e. The van der Waals surface area contributed by atoms with Crippen LogP contribution in [0.4, 0.5) is 0 Å². The van der Waals surface area contributed by atoms with Gasteiger partial charge in [-0.1, -0.05) is 105 Å². The molecule has 31 heavy (non-hydrogen) atoms. The average Bonchev–Trinajstić information content (AvgIpc) is 3.54. The normalized spacial score (nSPS) is 18.0. The Morgan fingerprint density at radius 1 is 0.935 bits per heavy atom. The fourth-order valence-electron chi connectivity index (χ4n) is 5.81. The van der Waals surface area contributed by atoms with Gasteiger partial charge < -0.3 is 0 Å². The van der Waals surface area contributed by atoms with Gasteiger partial charge >= 0.3 is 0 Å². The second-order valence-electron chi connectivity index (χ2n) is 9.61. The summed E-state index contributed by atoms with van der Waals surface area (Å²) in [6.07, 6.45) is 20.0. The summed E-state index contributed by atoms with van der Waals surface area (Å²) in [5, 5.41) is 0. The highest BCUT2D eigenvalue weighted by molar-refractivity contribution is 5.75. The smallest absolute Gasteiger partial charge is 0.00137 e. The van der Waals surface area contributed by atoms with Crippen molar-refractivity contribution in [1.29, 1.82) is 0 Å². The average molecular weight is 407 g/mol. The van der Waals surface area contributed by atoms with Crippen molar-refractivity contribution >= 4 is 11.6 Å². The molecule has 0 aromatic heterocycles. The van der Waals surface area contributed by atoms with Crippen molar-refractivity contribution < 1.29 is 0 Å². The highest BCUT2D eigenvalue weighted by Crippen LogP contribution is 2.39. The molecule has 0 saturated heterocycles. The largest absolute Gasteiger partial charge is 0.0949 e. The fraction of sp³-hybridized carbons (Fsp3) is 0.355. The molecular formula is C31H34. The van der Waals surface area contributed by atoms with E-state index in [2.05, 4.69) is 73.3 Å². The van der Waals surface area contributed by atoms with Crippen LogP contribution < -0.4 is 0 Å². The van der Waals surface area contributed by atoms with E-state index in [0.717, 1.165) is 25.2 Å². The van der Waals surface area contributed by atoms with Gasteiger partial charge in [0.15, 0.2) is 0 Å². The molecule has 1 fully saturated rings. The van der Waals surface area contributed by atoms with Crippen LogP contribution in [0.15, 0.2) is 84.0 Å². The second kappa shape index (κ2) is 9.27. The van der Waals surface area contributed by atoms with Gasteiger partial charge in [0, 0.05) is 0 Å². The van der Waals surface area contributed by atoms with Crippen molar-refractivity contribution in [2.75, 3.05) is 0 Å². The first-order chi connectivity index (χ1) is 15.3. The van der Waals surface area contributed by atoms with E-state index in [0.29, 0.717) is 0 Å². The van der Waals surface area contributed by atoms with E-state index in [1.54, 1.807) is 0 Å². The summed E-state index contributed by atoms with van der Waals surface area (Å²) in [6.45, 7) is 4.55. The van der Waals surface area contributed by atoms with E-state index in [4.69, 9.17) is 0 Å². The van der Waals surface area contributed by atoms with Gasteiger partial charge in [-0.15, -0.1) is 0 Å². The van der Waals surface area contributed by atoms with Gasteiger partial charge in [-0.3, -0.25) is 0 Å². The third-order valence-electron chi connectivity index (χ3n) is 7.48. The molecule has 0 heteroatoms. The fourth-order valence-corrected chi connectivity index (χ4v) is 5.81. The molecule has 0 amide bonds. The van der Waals surface area contributed by atoms with Crippen molar-refractivity contribution in [2.45, 2.75) is 64.2 Å². The van der Waals surface area contributed by atoms with Crippen LogP contribution >= 0.6 is 0 Å². The molecule has 0 radical (unpaired) electrons. The molecule has 3 aliphatic rings. The molecule has 0 unspecified atom stereocenters. The molecule has 0 bridgehead atoms. The van der Waals surface area contributed by atoms with Crippen LogP contribution in [0.3, 0.4) is 0 Å². The van der Waals surface area contributed by atoms with Crippen molar-refractivity contribution in [3.8, 4) is 0 Å². The predicted molar refractivity (Wildman–Crippen MR) is 134 cm³/mol. The zero-order valence-electron chi connectivity index (χ0n) is 18.7. The zero-order chi connectivity index (χ0) is 21.0. The molecule has 5 rings (SSSR count). The summed E-state index contributed by atoms with van der Waals surface area (Å²) >= 11 is 0. The summed E-state index contributed by atoms with van der Waals surface area (Å²) in [6, 6.07) is 17.8. The van der Waals surface area contributed by atoms with Gasteiger partial charge in [-0.2, -0.15) is 0 Å². The van der Waals surface area contributed by atoms with Crippen LogP contribution in [0.2, 0.25) is 0 Å². The van der Waals surface area contributed by atoms with Crippen molar-refractivity contribution in [2.24, 2.45) is 5.92 Å². The Kier molecular flexibility index (Phi) is 6.07. The molecule has 1 saturated carbocycles. The lowest BCUT2D eigenvalue weighted by Crippen LogP contribution is -1.99. The highest BCUT2D eigenvalue weighted by atomic mass is 14.3. The summed E-state index contributed by atoms with van der Waals surface area (Å²) in [5.74, 6) is 0.982. The quantitative estimate of drug-likeness (QED) is 0.412. The Morgan fingerprint density at radius 2 is 1.74 bits per heavy atom. The van der Waals surface area contributed by atoms with E-state index >= 15 is 0 Å². The van der Waals surface area contributed by atoms with Gasteiger partial charge in [0.25, 0.3) is 0 Å². The Balaban J connectivity index is 1.25. The third kappa shape index (κ3) is 4.54. The van der Waals surface area contributed by atoms with Crippen molar-refractivity contribution in [3.05, 3.63) is 106 Å². The lowest BCUT2D eigenvalue weighted by atomic mass is 9.89. The van der Waals surface area contributed by atoms with Crippen LogP contribution in [-0.4, -0.2) is 0 Å². The summed E-state index contributed by atoms with van der Waals surface area (Å²) < 4.78 is 0. The molecule has 0 aliphatic heterocycles. The van der Waals surface area contributed by atoms with Crippen molar-refractivity contribution in [3.63, 3.8) is 0 Å². The first-order valence-electron chi connectivity index (χ1n) is 12.2. The SMILES string of the molecule is C=C(CC1=CCC=C1C1=Cc2ccccc2C1)c1ccccc1CCCC1CCCC1. The molecule has 0 nitrogen and oxygen atoms in total. The second-order valence-corrected chi connectivity index (χ2v) is 9.61. The molecule has 2 aromatic rings. The van der Waals surface area contributed by atoms with Gasteiger partial charge in [0.2, 0.25) is 0 Å². The highest BCUT2D eigenvalue weighted by Gasteiger charge is 2.21. The topological polar surface area (TPSA) is 0 Å². The van der Waals surface area contributed by atoms with Gasteiger partial charge in [0.1, 0.15) is 0 Å². The van der Waals surface area contributed by atoms with Crippen LogP contribution in [0.1, 0.15) is 73.6 Å². The lowest BCUT2D eigenvalue weighted by Gasteiger charge is -2.16. The van der Waals surface area contributed by atoms with E-state index in [9.17, 15) is 0 Å². The number of benzene rings is 2. The molecule has 0 N–H and O–H groups in total. The Labute approximate surface area is 188 Å². The van der Waals surface area contributed by atoms with E-state index < -0.39 is 0 Å². The minimum Gasteiger partial charge on any atom is -0.0949 e. The first-order valence-corrected chi connectivity index (χ1v) is 12.2. The summed E-state index contributed by atoms with van der Waals surface area (Å²) in [5.41, 5.74) is 11.4. The predicted octanol–water partition coefficient (Wildman–Crippen LogP) is 8.50. The number of fused-ring (bicyclic) bond motifs is 1. The van der Waals surface area contributed by atoms with Gasteiger partial charge in [-0.25, -0.2) is 0 Å². The van der Waals surface area contributed by atoms with Crippen LogP contribution in [0, 0.1) is 5.92 Å². The molecule has 3 aliphatic carbocycles. The monoisotopic (exact) mass is 406 g/mol. The Morgan fingerprint density at radius 3 is 2.61 bits per heavy atom. The van der Waals surface area contributed by atoms with E-state index in [1.165, 1.54) is 89.5 Å². The number of rotatable bonds is 8. The minimum atomic E-state index is 0.957. The van der Waals surface area contributed by atoms with Crippen LogP contribution in [-0.2, 0) is 12.8 Å². The van der Waals surface area contributed by atoms with E-state index in [-0.39, 0.29) is 0 Å². The number of hydrogen-bond donors (Lipinski definition) is 0. The standard InChI is InChI=1S/C31H34/c1-23(30-18-7-6-13-25(30)16-8-12-24-10-2-3-11-24)20-28-17-9-19-31(28)29-21-26-14-4-5-15-27(26)22-29/h4-7,13-15,17-19,21,24H,1-3,8-12,16,20,22H2. The molecule has 158 valence electrons. The number of hydrogen-bond acceptors (Lipinski definition) is 0. The van der Waals surface area contributed by atoms with Crippen LogP contribution in [0.5, 0.6) is 0 Å². The Bertz CT molecular complexity index is 1050. The number of aryl methyl sites for hydroxylation is 1. The molecule has 0 spiro atoms. The number of allylic oxidation sites excluding steroid dienone is 6. The van der Waals surface area contributed by atoms with Gasteiger partial charge in [0.05, 0.1) is 0 Å². The van der Waals surface area contributed by atoms with Crippen LogP contribution in [0.25, 0.3) is 11.6 Å². The lowest BCUT2D eigenvalue weighted by molar-refractivity contribution is 0.484.